The topological polar surface area (TPSA) is 194 Å². The average Bonchev–Trinajstić information content (AvgIpc) is 3.66. The molecule has 4 aromatic carbocycles. The van der Waals surface area contributed by atoms with Crippen LogP contribution in [0.5, 0.6) is 0 Å². The molecule has 0 radical (unpaired) electrons. The van der Waals surface area contributed by atoms with Gasteiger partial charge in [0.05, 0.1) is 40.0 Å². The van der Waals surface area contributed by atoms with Crippen molar-refractivity contribution in [2.45, 2.75) is 39.8 Å². The van der Waals surface area contributed by atoms with E-state index >= 15 is 0 Å². The molecule has 1 saturated carbocycles. The smallest absolute Gasteiger partial charge is 0.407 e. The summed E-state index contributed by atoms with van der Waals surface area (Å²) in [4.78, 5) is 26.1. The van der Waals surface area contributed by atoms with Crippen molar-refractivity contribution in [1.29, 1.82) is 0 Å². The van der Waals surface area contributed by atoms with E-state index in [1.165, 1.54) is 48.5 Å². The Balaban J connectivity index is 1.45. The molecular formula is C33H34N4O8S2. The number of anilines is 2. The molecule has 4 aromatic rings. The zero-order valence-electron chi connectivity index (χ0n) is 25.2. The first-order valence-electron chi connectivity index (χ1n) is 14.5. The van der Waals surface area contributed by atoms with Crippen LogP contribution in [-0.2, 0) is 29.4 Å². The lowest BCUT2D eigenvalue weighted by Gasteiger charge is -2.28. The minimum absolute atomic E-state index is 0.0966. The number of ether oxygens (including phenoxy) is 1. The third kappa shape index (κ3) is 7.63. The van der Waals surface area contributed by atoms with Gasteiger partial charge in [0.2, 0.25) is 15.9 Å². The highest BCUT2D eigenvalue weighted by molar-refractivity contribution is 7.92. The number of para-hydroxylation sites is 1. The summed E-state index contributed by atoms with van der Waals surface area (Å²) in [5.41, 5.74) is 5.62. The first-order valence-corrected chi connectivity index (χ1v) is 17.6. The Kier molecular flexibility index (Phi) is 9.68. The van der Waals surface area contributed by atoms with Gasteiger partial charge < -0.3 is 26.2 Å². The number of methoxy groups -OCH3 is 1. The second-order valence-electron chi connectivity index (χ2n) is 11.2. The number of carbonyl (C=O) groups is 2. The summed E-state index contributed by atoms with van der Waals surface area (Å²) >= 11 is 0. The molecule has 14 heteroatoms. The van der Waals surface area contributed by atoms with E-state index in [0.717, 1.165) is 7.11 Å². The van der Waals surface area contributed by atoms with E-state index in [0.29, 0.717) is 16.8 Å². The number of nitrogens with one attached hydrogen (secondary N) is 3. The summed E-state index contributed by atoms with van der Waals surface area (Å²) in [6.07, 6.45) is -2.29. The van der Waals surface area contributed by atoms with Crippen molar-refractivity contribution in [3.63, 3.8) is 0 Å². The highest BCUT2D eigenvalue weighted by Crippen LogP contribution is 2.41. The Morgan fingerprint density at radius 2 is 1.40 bits per heavy atom. The van der Waals surface area contributed by atoms with E-state index < -0.39 is 61.2 Å². The fourth-order valence-corrected chi connectivity index (χ4v) is 8.89. The lowest BCUT2D eigenvalue weighted by molar-refractivity contribution is -0.118. The van der Waals surface area contributed by atoms with E-state index in [9.17, 15) is 31.5 Å². The molecule has 2 unspecified atom stereocenters. The minimum atomic E-state index is -4.34. The molecule has 246 valence electrons. The summed E-state index contributed by atoms with van der Waals surface area (Å²) in [6, 6.07) is 27.7. The Hall–Kier alpha value is -4.76. The number of benzene rings is 4. The van der Waals surface area contributed by atoms with Gasteiger partial charge in [-0.25, -0.2) is 26.4 Å². The molecule has 1 aliphatic rings. The maximum atomic E-state index is 14.0. The van der Waals surface area contributed by atoms with Gasteiger partial charge in [0.15, 0.2) is 9.84 Å². The number of sulfonamides is 1. The van der Waals surface area contributed by atoms with Gasteiger partial charge in [0.25, 0.3) is 0 Å². The van der Waals surface area contributed by atoms with Crippen molar-refractivity contribution in [2.24, 2.45) is 0 Å². The lowest BCUT2D eigenvalue weighted by Crippen LogP contribution is -2.48. The van der Waals surface area contributed by atoms with Crippen LogP contribution in [0.1, 0.15) is 23.5 Å². The van der Waals surface area contributed by atoms with Gasteiger partial charge in [-0.05, 0) is 53.9 Å². The molecule has 1 fully saturated rings. The highest BCUT2D eigenvalue weighted by atomic mass is 32.2. The predicted octanol–water partition coefficient (Wildman–Crippen LogP) is 3.02. The van der Waals surface area contributed by atoms with Crippen LogP contribution in [0.2, 0.25) is 0 Å². The Morgan fingerprint density at radius 3 is 1.94 bits per heavy atom. The molecule has 1 aliphatic carbocycles. The summed E-state index contributed by atoms with van der Waals surface area (Å²) in [5, 5.41) is 15.7. The van der Waals surface area contributed by atoms with E-state index in [4.69, 9.17) is 10.5 Å². The highest BCUT2D eigenvalue weighted by Gasteiger charge is 2.58. The van der Waals surface area contributed by atoms with Crippen LogP contribution >= 0.6 is 0 Å². The molecule has 0 bridgehead atoms. The largest absolute Gasteiger partial charge is 0.453 e. The van der Waals surface area contributed by atoms with Crippen molar-refractivity contribution in [3.8, 4) is 0 Å². The number of carbonyl (C=O) groups excluding carboxylic acids is 2. The number of hydrogen-bond donors (Lipinski definition) is 5. The second kappa shape index (κ2) is 13.5. The molecule has 3 atom stereocenters. The van der Waals surface area contributed by atoms with E-state index in [-0.39, 0.29) is 21.9 Å². The van der Waals surface area contributed by atoms with Crippen LogP contribution in [0.15, 0.2) is 119 Å². The zero-order valence-corrected chi connectivity index (χ0v) is 26.9. The van der Waals surface area contributed by atoms with Gasteiger partial charge in [-0.2, -0.15) is 0 Å². The molecule has 0 heterocycles. The van der Waals surface area contributed by atoms with Crippen LogP contribution in [0.25, 0.3) is 0 Å². The van der Waals surface area contributed by atoms with E-state index in [2.05, 4.69) is 15.4 Å². The molecular weight excluding hydrogens is 645 g/mol. The first-order chi connectivity index (χ1) is 22.3. The van der Waals surface area contributed by atoms with E-state index in [1.807, 2.05) is 12.1 Å². The number of alkyl carbamates (subject to hydrolysis) is 1. The lowest BCUT2D eigenvalue weighted by atomic mass is 9.84. The third-order valence-electron chi connectivity index (χ3n) is 7.88. The van der Waals surface area contributed by atoms with Gasteiger partial charge in [-0.15, -0.1) is 0 Å². The fraction of sp³-hybridized carbons (Fsp3) is 0.212. The van der Waals surface area contributed by atoms with Crippen LogP contribution in [0.4, 0.5) is 16.2 Å². The number of sulfone groups is 1. The Morgan fingerprint density at radius 1 is 0.872 bits per heavy atom. The molecule has 0 aliphatic heterocycles. The second-order valence-corrected chi connectivity index (χ2v) is 14.8. The number of nitrogen functional groups attached to an aromatic ring is 1. The SMILES string of the molecule is COC(=O)N[C@H](C(=O)Nc1ccccc1S(=O)(=O)CC1(NS(=O)(=O)c2ccc(N)cc2)CC1O)C(c1ccccc1)c1ccccc1. The van der Waals surface area contributed by atoms with Gasteiger partial charge in [0.1, 0.15) is 6.04 Å². The number of nitrogens with two attached hydrogens (primary N) is 1. The van der Waals surface area contributed by atoms with Crippen molar-refractivity contribution in [2.75, 3.05) is 23.9 Å². The summed E-state index contributed by atoms with van der Waals surface area (Å²) in [7, 11) is -7.40. The minimum Gasteiger partial charge on any atom is -0.453 e. The van der Waals surface area contributed by atoms with E-state index in [1.54, 1.807) is 48.5 Å². The molecule has 12 nitrogen and oxygen atoms in total. The van der Waals surface area contributed by atoms with Crippen LogP contribution < -0.4 is 21.1 Å². The maximum Gasteiger partial charge on any atom is 0.407 e. The van der Waals surface area contributed by atoms with Crippen molar-refractivity contribution in [1.82, 2.24) is 10.0 Å². The Labute approximate surface area is 272 Å². The van der Waals surface area contributed by atoms with Crippen LogP contribution in [-0.4, -0.2) is 64.5 Å². The van der Waals surface area contributed by atoms with Gasteiger partial charge in [-0.1, -0.05) is 72.8 Å². The zero-order chi connectivity index (χ0) is 33.8. The Bertz CT molecular complexity index is 1920. The monoisotopic (exact) mass is 678 g/mol. The van der Waals surface area contributed by atoms with Crippen molar-refractivity contribution in [3.05, 3.63) is 120 Å². The maximum absolute atomic E-state index is 14.0. The molecule has 5 rings (SSSR count). The predicted molar refractivity (Wildman–Crippen MR) is 176 cm³/mol. The molecule has 47 heavy (non-hydrogen) atoms. The van der Waals surface area contributed by atoms with Crippen LogP contribution in [0.3, 0.4) is 0 Å². The summed E-state index contributed by atoms with van der Waals surface area (Å²) < 4.78 is 61.1. The number of hydrogen-bond acceptors (Lipinski definition) is 9. The quantitative estimate of drug-likeness (QED) is 0.140. The molecule has 6 N–H and O–H groups in total. The van der Waals surface area contributed by atoms with Crippen molar-refractivity contribution < 1.29 is 36.3 Å². The number of aliphatic hydroxyl groups is 1. The average molecular weight is 679 g/mol. The van der Waals surface area contributed by atoms with Crippen molar-refractivity contribution >= 4 is 43.2 Å². The standard InChI is InChI=1S/C33H34N4O8S2/c1-45-32(40)36-30(29(22-10-4-2-5-11-22)23-12-6-3-7-13-23)31(39)35-26-14-8-9-15-27(26)46(41,42)21-33(20-28(33)38)37-47(43,44)25-18-16-24(34)17-19-25/h2-19,28-30,37-38H,20-21,34H2,1H3,(H,35,39)(H,36,40)/t28?,30-,33?/m0/s1. The summed E-state index contributed by atoms with van der Waals surface area (Å²) in [6.45, 7) is 0. The number of aliphatic hydroxyl groups excluding tert-OH is 1. The molecule has 2 amide bonds. The molecule has 0 saturated heterocycles. The normalized spacial score (nSPS) is 18.2. The molecule has 0 spiro atoms. The van der Waals surface area contributed by atoms with Gasteiger partial charge >= 0.3 is 6.09 Å². The fourth-order valence-electron chi connectivity index (χ4n) is 5.41. The first kappa shape index (κ1) is 33.6. The number of amides is 2. The van der Waals surface area contributed by atoms with Gasteiger partial charge in [0, 0.05) is 11.6 Å². The van der Waals surface area contributed by atoms with Crippen LogP contribution in [0, 0.1) is 0 Å². The third-order valence-corrected chi connectivity index (χ3v) is 11.4. The molecule has 0 aromatic heterocycles. The number of rotatable bonds is 12. The van der Waals surface area contributed by atoms with Gasteiger partial charge in [-0.3, -0.25) is 4.79 Å². The summed E-state index contributed by atoms with van der Waals surface area (Å²) in [5.74, 6) is -2.23.